The lowest BCUT2D eigenvalue weighted by atomic mass is 10.4. The summed E-state index contributed by atoms with van der Waals surface area (Å²) in [6.45, 7) is 0.732. The summed E-state index contributed by atoms with van der Waals surface area (Å²) in [5.41, 5.74) is 6.23. The van der Waals surface area contributed by atoms with Crippen LogP contribution in [0.3, 0.4) is 0 Å². The third-order valence-corrected chi connectivity index (χ3v) is 3.85. The first-order valence-electron chi connectivity index (χ1n) is 4.96. The van der Waals surface area contributed by atoms with Crippen molar-refractivity contribution < 1.29 is 4.74 Å². The fraction of sp³-hybridized carbons (Fsp3) is 0.182. The number of nitrogens with zero attached hydrogens (tertiary/aromatic N) is 1. The summed E-state index contributed by atoms with van der Waals surface area (Å²) < 4.78 is 6.16. The Morgan fingerprint density at radius 1 is 1.53 bits per heavy atom. The molecule has 2 aromatic rings. The third-order valence-electron chi connectivity index (χ3n) is 2.15. The zero-order valence-electron chi connectivity index (χ0n) is 9.24. The highest BCUT2D eigenvalue weighted by molar-refractivity contribution is 9.10. The summed E-state index contributed by atoms with van der Waals surface area (Å²) in [7, 11) is 1.55. The molecule has 17 heavy (non-hydrogen) atoms. The lowest BCUT2D eigenvalue weighted by Crippen LogP contribution is -2.02. The minimum absolute atomic E-state index is 0.447. The normalized spacial score (nSPS) is 10.2. The zero-order chi connectivity index (χ0) is 12.3. The van der Waals surface area contributed by atoms with Crippen molar-refractivity contribution in [3.63, 3.8) is 0 Å². The summed E-state index contributed by atoms with van der Waals surface area (Å²) in [6.07, 6.45) is 0. The van der Waals surface area contributed by atoms with Gasteiger partial charge in [0.05, 0.1) is 19.3 Å². The number of ether oxygens (including phenoxy) is 1. The first-order chi connectivity index (χ1) is 8.19. The first-order valence-corrected chi connectivity index (χ1v) is 6.63. The van der Waals surface area contributed by atoms with Crippen molar-refractivity contribution >= 4 is 38.8 Å². The van der Waals surface area contributed by atoms with Crippen molar-refractivity contribution in [1.29, 1.82) is 0 Å². The van der Waals surface area contributed by atoms with E-state index in [0.717, 1.165) is 16.8 Å². The van der Waals surface area contributed by atoms with Crippen LogP contribution < -0.4 is 15.8 Å². The number of nitrogen functional groups attached to an aromatic ring is 1. The van der Waals surface area contributed by atoms with Gasteiger partial charge >= 0.3 is 0 Å². The number of anilines is 2. The Labute approximate surface area is 112 Å². The Morgan fingerprint density at radius 3 is 3.00 bits per heavy atom. The monoisotopic (exact) mass is 313 g/mol. The Hall–Kier alpha value is -1.27. The van der Waals surface area contributed by atoms with Gasteiger partial charge in [0.2, 0.25) is 5.88 Å². The maximum Gasteiger partial charge on any atom is 0.238 e. The second-order valence-corrected chi connectivity index (χ2v) is 5.29. The zero-order valence-corrected chi connectivity index (χ0v) is 11.6. The minimum atomic E-state index is 0.447. The quantitative estimate of drug-likeness (QED) is 0.910. The molecule has 0 amide bonds. The second kappa shape index (κ2) is 5.37. The topological polar surface area (TPSA) is 60.2 Å². The number of nitrogens with two attached hydrogens (primary N) is 1. The molecule has 0 aliphatic heterocycles. The lowest BCUT2D eigenvalue weighted by molar-refractivity contribution is 0.401. The molecule has 0 atom stereocenters. The van der Waals surface area contributed by atoms with Crippen LogP contribution >= 0.6 is 27.3 Å². The molecule has 90 valence electrons. The highest BCUT2D eigenvalue weighted by Gasteiger charge is 2.03. The molecule has 0 fully saturated rings. The first kappa shape index (κ1) is 12.2. The van der Waals surface area contributed by atoms with E-state index in [4.69, 9.17) is 10.5 Å². The van der Waals surface area contributed by atoms with E-state index in [1.54, 1.807) is 24.5 Å². The van der Waals surface area contributed by atoms with Gasteiger partial charge in [-0.05, 0) is 34.1 Å². The number of hydrogen-bond acceptors (Lipinski definition) is 5. The predicted octanol–water partition coefficient (Wildman–Crippen LogP) is 3.11. The maximum absolute atomic E-state index is 5.69. The summed E-state index contributed by atoms with van der Waals surface area (Å²) in [5.74, 6) is 1.20. The number of rotatable bonds is 4. The predicted molar refractivity (Wildman–Crippen MR) is 74.5 cm³/mol. The van der Waals surface area contributed by atoms with Gasteiger partial charge in [-0.25, -0.2) is 0 Å². The largest absolute Gasteiger partial charge is 0.479 e. The molecule has 0 aliphatic rings. The average molecular weight is 314 g/mol. The molecule has 0 spiro atoms. The second-order valence-electron chi connectivity index (χ2n) is 3.38. The lowest BCUT2D eigenvalue weighted by Gasteiger charge is -2.07. The molecule has 0 aliphatic carbocycles. The highest BCUT2D eigenvalue weighted by atomic mass is 79.9. The Bertz CT molecular complexity index is 515. The molecule has 0 bridgehead atoms. The number of nitrogens with one attached hydrogen (secondary N) is 1. The van der Waals surface area contributed by atoms with Gasteiger partial charge < -0.3 is 15.8 Å². The SMILES string of the molecule is COc1nc(NCc2cc(Br)cs2)ccc1N. The Kier molecular flexibility index (Phi) is 3.86. The molecule has 0 saturated carbocycles. The molecule has 2 rings (SSSR count). The number of aromatic nitrogens is 1. The van der Waals surface area contributed by atoms with Crippen LogP contribution in [0.15, 0.2) is 28.1 Å². The van der Waals surface area contributed by atoms with Crippen LogP contribution in [0, 0.1) is 0 Å². The molecule has 6 heteroatoms. The van der Waals surface area contributed by atoms with Gasteiger partial charge in [0.1, 0.15) is 5.82 Å². The number of methoxy groups -OCH3 is 1. The third kappa shape index (κ3) is 3.10. The number of pyridine rings is 1. The van der Waals surface area contributed by atoms with Gasteiger partial charge in [0.25, 0.3) is 0 Å². The molecule has 3 N–H and O–H groups in total. The number of halogens is 1. The summed E-state index contributed by atoms with van der Waals surface area (Å²) in [5, 5.41) is 5.27. The Morgan fingerprint density at radius 2 is 2.35 bits per heavy atom. The smallest absolute Gasteiger partial charge is 0.238 e. The van der Waals surface area contributed by atoms with Crippen molar-refractivity contribution in [3.8, 4) is 5.88 Å². The van der Waals surface area contributed by atoms with Crippen molar-refractivity contribution in [2.75, 3.05) is 18.2 Å². The Balaban J connectivity index is 2.04. The van der Waals surface area contributed by atoms with Gasteiger partial charge in [-0.1, -0.05) is 0 Å². The van der Waals surface area contributed by atoms with Crippen molar-refractivity contribution in [2.24, 2.45) is 0 Å². The van der Waals surface area contributed by atoms with E-state index >= 15 is 0 Å². The molecule has 0 radical (unpaired) electrons. The summed E-state index contributed by atoms with van der Waals surface area (Å²) in [6, 6.07) is 5.69. The van der Waals surface area contributed by atoms with Crippen molar-refractivity contribution in [2.45, 2.75) is 6.54 Å². The van der Waals surface area contributed by atoms with Gasteiger partial charge in [0, 0.05) is 14.7 Å². The molecular weight excluding hydrogens is 302 g/mol. The van der Waals surface area contributed by atoms with Gasteiger partial charge in [0.15, 0.2) is 0 Å². The highest BCUT2D eigenvalue weighted by Crippen LogP contribution is 2.23. The van der Waals surface area contributed by atoms with E-state index in [1.807, 2.05) is 11.4 Å². The van der Waals surface area contributed by atoms with E-state index in [2.05, 4.69) is 32.3 Å². The molecular formula is C11H12BrN3OS. The van der Waals surface area contributed by atoms with E-state index < -0.39 is 0 Å². The fourth-order valence-corrected chi connectivity index (χ4v) is 2.73. The van der Waals surface area contributed by atoms with Crippen LogP contribution in [-0.2, 0) is 6.54 Å². The average Bonchev–Trinajstić information content (AvgIpc) is 2.74. The van der Waals surface area contributed by atoms with E-state index in [1.165, 1.54) is 4.88 Å². The van der Waals surface area contributed by atoms with Gasteiger partial charge in [-0.15, -0.1) is 11.3 Å². The standard InChI is InChI=1S/C11H12BrN3OS/c1-16-11-9(13)2-3-10(15-11)14-5-8-4-7(12)6-17-8/h2-4,6H,5,13H2,1H3,(H,14,15). The summed E-state index contributed by atoms with van der Waals surface area (Å²) in [4.78, 5) is 5.48. The van der Waals surface area contributed by atoms with Crippen LogP contribution in [0.4, 0.5) is 11.5 Å². The number of hydrogen-bond donors (Lipinski definition) is 2. The van der Waals surface area contributed by atoms with Crippen LogP contribution in [0.25, 0.3) is 0 Å². The molecule has 2 aromatic heterocycles. The summed E-state index contributed by atoms with van der Waals surface area (Å²) >= 11 is 5.11. The van der Waals surface area contributed by atoms with E-state index in [-0.39, 0.29) is 0 Å². The van der Waals surface area contributed by atoms with Crippen LogP contribution in [0.5, 0.6) is 5.88 Å². The molecule has 0 unspecified atom stereocenters. The van der Waals surface area contributed by atoms with E-state index in [9.17, 15) is 0 Å². The van der Waals surface area contributed by atoms with Crippen molar-refractivity contribution in [1.82, 2.24) is 4.98 Å². The van der Waals surface area contributed by atoms with Gasteiger partial charge in [-0.2, -0.15) is 4.98 Å². The van der Waals surface area contributed by atoms with Gasteiger partial charge in [-0.3, -0.25) is 0 Å². The van der Waals surface area contributed by atoms with Crippen LogP contribution in [-0.4, -0.2) is 12.1 Å². The molecule has 4 nitrogen and oxygen atoms in total. The van der Waals surface area contributed by atoms with E-state index in [0.29, 0.717) is 11.6 Å². The molecule has 2 heterocycles. The number of thiophene rings is 1. The maximum atomic E-state index is 5.69. The fourth-order valence-electron chi connectivity index (χ4n) is 1.34. The van der Waals surface area contributed by atoms with Crippen LogP contribution in [0.1, 0.15) is 4.88 Å². The van der Waals surface area contributed by atoms with Crippen molar-refractivity contribution in [3.05, 3.63) is 32.9 Å². The van der Waals surface area contributed by atoms with Crippen LogP contribution in [0.2, 0.25) is 0 Å². The molecule has 0 aromatic carbocycles. The molecule has 0 saturated heterocycles. The minimum Gasteiger partial charge on any atom is -0.479 e.